The maximum absolute atomic E-state index is 3.63. The number of allylic oxidation sites excluding steroid dienone is 1. The monoisotopic (exact) mass is 280 g/mol. The van der Waals surface area contributed by atoms with Crippen LogP contribution < -0.4 is 34.0 Å². The van der Waals surface area contributed by atoms with E-state index in [0.717, 1.165) is 0 Å². The molecule has 0 rings (SSSR count). The summed E-state index contributed by atoms with van der Waals surface area (Å²) in [6, 6.07) is 0. The van der Waals surface area contributed by atoms with Crippen LogP contribution in [0, 0.1) is 0 Å². The molecule has 0 nitrogen and oxygen atoms in total. The third kappa shape index (κ3) is 22.7. The van der Waals surface area contributed by atoms with Crippen LogP contribution >= 0.6 is 0 Å². The fourth-order valence-electron chi connectivity index (χ4n) is 0.539. The Morgan fingerprint density at radius 2 is 1.70 bits per heavy atom. The van der Waals surface area contributed by atoms with Crippen LogP contribution in [0.5, 0.6) is 0 Å². The van der Waals surface area contributed by atoms with E-state index in [4.69, 9.17) is 0 Å². The first-order valence-corrected chi connectivity index (χ1v) is 3.02. The zero-order valence-electron chi connectivity index (χ0n) is 6.58. The molecule has 0 aromatic rings. The molecule has 0 aromatic carbocycles. The van der Waals surface area contributed by atoms with Crippen molar-refractivity contribution >= 4 is 23.1 Å². The van der Waals surface area contributed by atoms with E-state index in [1.165, 1.54) is 25.7 Å². The van der Waals surface area contributed by atoms with E-state index in [-0.39, 0.29) is 57.0 Å². The molecular formula is C7H14Br2Mg. The van der Waals surface area contributed by atoms with Crippen LogP contribution in [-0.2, 0) is 0 Å². The minimum Gasteiger partial charge on any atom is -1.00 e. The molecule has 0 radical (unpaired) electrons. The molecule has 0 amide bonds. The second-order valence-corrected chi connectivity index (χ2v) is 1.78. The first-order valence-electron chi connectivity index (χ1n) is 3.02. The van der Waals surface area contributed by atoms with E-state index >= 15 is 0 Å². The third-order valence-electron chi connectivity index (χ3n) is 1.01. The van der Waals surface area contributed by atoms with Gasteiger partial charge in [-0.1, -0.05) is 25.8 Å². The molecule has 0 fully saturated rings. The van der Waals surface area contributed by atoms with Crippen molar-refractivity contribution in [2.45, 2.75) is 32.6 Å². The molecule has 0 saturated carbocycles. The first-order chi connectivity index (χ1) is 3.41. The zero-order chi connectivity index (χ0) is 5.54. The smallest absolute Gasteiger partial charge is 1.00 e. The maximum Gasteiger partial charge on any atom is 2.00 e. The minimum atomic E-state index is 0. The summed E-state index contributed by atoms with van der Waals surface area (Å²) in [7, 11) is 0. The van der Waals surface area contributed by atoms with Gasteiger partial charge >= 0.3 is 23.1 Å². The van der Waals surface area contributed by atoms with Crippen LogP contribution in [0.25, 0.3) is 0 Å². The second kappa shape index (κ2) is 22.4. The van der Waals surface area contributed by atoms with Crippen LogP contribution in [-0.4, -0.2) is 23.1 Å². The Morgan fingerprint density at radius 1 is 1.20 bits per heavy atom. The van der Waals surface area contributed by atoms with Crippen molar-refractivity contribution in [2.24, 2.45) is 0 Å². The predicted octanol–water partition coefficient (Wildman–Crippen LogP) is -3.62. The van der Waals surface area contributed by atoms with Crippen molar-refractivity contribution in [2.75, 3.05) is 0 Å². The van der Waals surface area contributed by atoms with Gasteiger partial charge in [0.05, 0.1) is 0 Å². The summed E-state index contributed by atoms with van der Waals surface area (Å²) in [6.07, 6.45) is 7.16. The number of hydrogen-bond donors (Lipinski definition) is 0. The van der Waals surface area contributed by atoms with Gasteiger partial charge in [0, 0.05) is 0 Å². The van der Waals surface area contributed by atoms with Crippen molar-refractivity contribution in [3.05, 3.63) is 12.7 Å². The van der Waals surface area contributed by atoms with Crippen LogP contribution in [0.2, 0.25) is 0 Å². The topological polar surface area (TPSA) is 0 Å². The standard InChI is InChI=1S/C7H14.2BrH.Mg/c1-3-5-7-6-4-2;;;/h3H,1,4-7H2,2H3;2*1H;/q;;;+2/p-2. The van der Waals surface area contributed by atoms with E-state index < -0.39 is 0 Å². The van der Waals surface area contributed by atoms with Crippen LogP contribution in [0.15, 0.2) is 12.7 Å². The van der Waals surface area contributed by atoms with Crippen molar-refractivity contribution in [3.63, 3.8) is 0 Å². The molecule has 0 aliphatic carbocycles. The van der Waals surface area contributed by atoms with E-state index in [0.29, 0.717) is 0 Å². The first kappa shape index (κ1) is 22.5. The molecule has 3 heteroatoms. The van der Waals surface area contributed by atoms with Gasteiger partial charge in [-0.15, -0.1) is 6.58 Å². The Morgan fingerprint density at radius 3 is 2.00 bits per heavy atom. The van der Waals surface area contributed by atoms with Gasteiger partial charge in [0.25, 0.3) is 0 Å². The average molecular weight is 282 g/mol. The van der Waals surface area contributed by atoms with Crippen molar-refractivity contribution in [3.8, 4) is 0 Å². The summed E-state index contributed by atoms with van der Waals surface area (Å²) in [6.45, 7) is 5.84. The molecule has 0 aromatic heterocycles. The summed E-state index contributed by atoms with van der Waals surface area (Å²) in [5, 5.41) is 0. The summed E-state index contributed by atoms with van der Waals surface area (Å²) >= 11 is 0. The summed E-state index contributed by atoms with van der Waals surface area (Å²) in [4.78, 5) is 0. The van der Waals surface area contributed by atoms with Crippen molar-refractivity contribution < 1.29 is 34.0 Å². The molecular weight excluding hydrogens is 268 g/mol. The second-order valence-electron chi connectivity index (χ2n) is 1.78. The Kier molecular flexibility index (Phi) is 50.5. The fraction of sp³-hybridized carbons (Fsp3) is 0.714. The molecule has 0 N–H and O–H groups in total. The number of halogens is 2. The summed E-state index contributed by atoms with van der Waals surface area (Å²) < 4.78 is 0. The Hall–Kier alpha value is 1.47. The molecule has 0 saturated heterocycles. The zero-order valence-corrected chi connectivity index (χ0v) is 11.2. The molecule has 0 atom stereocenters. The third-order valence-corrected chi connectivity index (χ3v) is 1.01. The van der Waals surface area contributed by atoms with E-state index in [1.807, 2.05) is 6.08 Å². The number of rotatable bonds is 4. The maximum atomic E-state index is 3.63. The average Bonchev–Trinajstić information content (AvgIpc) is 1.69. The largest absolute Gasteiger partial charge is 2.00 e. The summed E-state index contributed by atoms with van der Waals surface area (Å²) in [5.74, 6) is 0. The van der Waals surface area contributed by atoms with Gasteiger partial charge < -0.3 is 34.0 Å². The normalized spacial score (nSPS) is 6.10. The van der Waals surface area contributed by atoms with Gasteiger partial charge in [0.2, 0.25) is 0 Å². The van der Waals surface area contributed by atoms with Gasteiger partial charge in [-0.3, -0.25) is 0 Å². The predicted molar refractivity (Wildman–Crippen MR) is 40.1 cm³/mol. The Labute approximate surface area is 102 Å². The van der Waals surface area contributed by atoms with Crippen molar-refractivity contribution in [1.82, 2.24) is 0 Å². The SMILES string of the molecule is C=CCCCCC.[Br-].[Br-].[Mg+2]. The molecule has 0 aliphatic rings. The molecule has 0 unspecified atom stereocenters. The van der Waals surface area contributed by atoms with Crippen LogP contribution in [0.1, 0.15) is 32.6 Å². The molecule has 58 valence electrons. The van der Waals surface area contributed by atoms with Gasteiger partial charge in [0.15, 0.2) is 0 Å². The van der Waals surface area contributed by atoms with E-state index in [1.54, 1.807) is 0 Å². The quantitative estimate of drug-likeness (QED) is 0.284. The summed E-state index contributed by atoms with van der Waals surface area (Å²) in [5.41, 5.74) is 0. The number of unbranched alkanes of at least 4 members (excludes halogenated alkanes) is 3. The van der Waals surface area contributed by atoms with Gasteiger partial charge in [-0.2, -0.15) is 0 Å². The minimum absolute atomic E-state index is 0. The Balaban J connectivity index is -0.0000000600. The molecule has 0 heterocycles. The van der Waals surface area contributed by atoms with Crippen LogP contribution in [0.3, 0.4) is 0 Å². The van der Waals surface area contributed by atoms with Crippen molar-refractivity contribution in [1.29, 1.82) is 0 Å². The Bertz CT molecular complexity index is 48.9. The van der Waals surface area contributed by atoms with E-state index in [2.05, 4.69) is 13.5 Å². The molecule has 0 bridgehead atoms. The molecule has 0 spiro atoms. The van der Waals surface area contributed by atoms with Gasteiger partial charge in [-0.25, -0.2) is 0 Å². The van der Waals surface area contributed by atoms with E-state index in [9.17, 15) is 0 Å². The fourth-order valence-corrected chi connectivity index (χ4v) is 0.539. The van der Waals surface area contributed by atoms with Gasteiger partial charge in [-0.05, 0) is 12.8 Å². The molecule has 10 heavy (non-hydrogen) atoms. The van der Waals surface area contributed by atoms with Gasteiger partial charge in [0.1, 0.15) is 0 Å². The number of hydrogen-bond acceptors (Lipinski definition) is 0. The van der Waals surface area contributed by atoms with Crippen LogP contribution in [0.4, 0.5) is 0 Å². The molecule has 0 aliphatic heterocycles.